The highest BCUT2D eigenvalue weighted by molar-refractivity contribution is 7.40. The SMILES string of the molecule is NC(=O)c1nc2ccc(O)cc2s1.O=P([O-])([O-])[O-]. The van der Waals surface area contributed by atoms with E-state index >= 15 is 0 Å². The van der Waals surface area contributed by atoms with Crippen molar-refractivity contribution in [1.29, 1.82) is 0 Å². The van der Waals surface area contributed by atoms with E-state index in [0.717, 1.165) is 4.70 Å². The van der Waals surface area contributed by atoms with Gasteiger partial charge in [0, 0.05) is 0 Å². The Bertz CT molecular complexity index is 613. The summed E-state index contributed by atoms with van der Waals surface area (Å²) in [6.45, 7) is 0. The van der Waals surface area contributed by atoms with Crippen LogP contribution in [0.1, 0.15) is 9.80 Å². The van der Waals surface area contributed by atoms with Crippen molar-refractivity contribution in [3.63, 3.8) is 0 Å². The van der Waals surface area contributed by atoms with Gasteiger partial charge in [-0.3, -0.25) is 4.79 Å². The number of nitrogens with two attached hydrogens (primary N) is 1. The van der Waals surface area contributed by atoms with Gasteiger partial charge in [0.25, 0.3) is 5.91 Å². The lowest BCUT2D eigenvalue weighted by Crippen LogP contribution is -2.24. The fourth-order valence-electron chi connectivity index (χ4n) is 1.02. The molecule has 0 aliphatic carbocycles. The standard InChI is InChI=1S/C8H6N2O2S.H3O4P/c9-7(12)8-10-5-2-1-4(11)3-6(5)13-8;1-5(2,3)4/h1-3,11H,(H2,9,12);(H3,1,2,3,4)/p-3. The van der Waals surface area contributed by atoms with Crippen LogP contribution in [0.15, 0.2) is 18.2 Å². The van der Waals surface area contributed by atoms with Crippen LogP contribution in [0.4, 0.5) is 0 Å². The summed E-state index contributed by atoms with van der Waals surface area (Å²) in [7, 11) is -5.39. The molecule has 10 heteroatoms. The molecule has 0 radical (unpaired) electrons. The van der Waals surface area contributed by atoms with Crippen LogP contribution in [0.3, 0.4) is 0 Å². The van der Waals surface area contributed by atoms with Gasteiger partial charge in [-0.05, 0) is 18.2 Å². The predicted molar refractivity (Wildman–Crippen MR) is 57.4 cm³/mol. The van der Waals surface area contributed by atoms with Crippen LogP contribution in [-0.4, -0.2) is 16.0 Å². The number of carbonyl (C=O) groups is 1. The highest BCUT2D eigenvalue weighted by Gasteiger charge is 2.08. The van der Waals surface area contributed by atoms with Crippen molar-refractivity contribution in [2.24, 2.45) is 5.73 Å². The molecule has 1 amide bonds. The molecule has 8 nitrogen and oxygen atoms in total. The van der Waals surface area contributed by atoms with Crippen LogP contribution < -0.4 is 20.4 Å². The fourth-order valence-corrected chi connectivity index (χ4v) is 1.87. The number of aromatic nitrogens is 1. The zero-order valence-corrected chi connectivity index (χ0v) is 10.3. The molecule has 1 heterocycles. The maximum Gasteiger partial charge on any atom is 0.277 e. The number of amides is 1. The van der Waals surface area contributed by atoms with Gasteiger partial charge in [-0.1, -0.05) is 0 Å². The van der Waals surface area contributed by atoms with Gasteiger partial charge in [-0.2, -0.15) is 7.82 Å². The fraction of sp³-hybridized carbons (Fsp3) is 0. The average molecular weight is 289 g/mol. The van der Waals surface area contributed by atoms with E-state index in [2.05, 4.69) is 4.98 Å². The second-order valence-corrected chi connectivity index (χ2v) is 4.91. The lowest BCUT2D eigenvalue weighted by Gasteiger charge is -2.36. The molecule has 0 bridgehead atoms. The molecular formula is C8H6N2O6PS-3. The van der Waals surface area contributed by atoms with Crippen LogP contribution in [0.5, 0.6) is 5.75 Å². The predicted octanol–water partition coefficient (Wildman–Crippen LogP) is -1.72. The molecule has 0 spiro atoms. The molecule has 98 valence electrons. The van der Waals surface area contributed by atoms with E-state index in [4.69, 9.17) is 30.1 Å². The Morgan fingerprint density at radius 1 is 1.39 bits per heavy atom. The first-order chi connectivity index (χ1) is 8.16. The van der Waals surface area contributed by atoms with Crippen LogP contribution in [0.25, 0.3) is 10.2 Å². The Morgan fingerprint density at radius 3 is 2.44 bits per heavy atom. The topological polar surface area (TPSA) is 162 Å². The van der Waals surface area contributed by atoms with E-state index in [1.807, 2.05) is 0 Å². The van der Waals surface area contributed by atoms with Crippen LogP contribution >= 0.6 is 19.2 Å². The van der Waals surface area contributed by atoms with E-state index in [-0.39, 0.29) is 10.8 Å². The number of primary amides is 1. The molecule has 0 unspecified atom stereocenters. The zero-order chi connectivity index (χ0) is 13.9. The Morgan fingerprint density at radius 2 is 1.94 bits per heavy atom. The van der Waals surface area contributed by atoms with Gasteiger partial charge in [0.05, 0.1) is 10.2 Å². The first-order valence-corrected chi connectivity index (χ1v) is 6.57. The number of phosphoric acid groups is 1. The third-order valence-electron chi connectivity index (χ3n) is 1.58. The van der Waals surface area contributed by atoms with Gasteiger partial charge in [-0.25, -0.2) is 4.98 Å². The first kappa shape index (κ1) is 14.6. The third-order valence-corrected chi connectivity index (χ3v) is 2.62. The Balaban J connectivity index is 0.000000280. The maximum atomic E-state index is 10.8. The number of nitrogens with zero attached hydrogens (tertiary/aromatic N) is 1. The molecule has 1 aromatic carbocycles. The summed E-state index contributed by atoms with van der Waals surface area (Å²) in [4.78, 5) is 40.4. The van der Waals surface area contributed by atoms with Gasteiger partial charge in [-0.15, -0.1) is 11.3 Å². The van der Waals surface area contributed by atoms with Crippen molar-refractivity contribution in [3.05, 3.63) is 23.2 Å². The molecule has 0 atom stereocenters. The number of carbonyl (C=O) groups excluding carboxylic acids is 1. The summed E-state index contributed by atoms with van der Waals surface area (Å²) < 4.78 is 9.31. The molecule has 0 aliphatic heterocycles. The third kappa shape index (κ3) is 4.78. The maximum absolute atomic E-state index is 10.8. The molecule has 18 heavy (non-hydrogen) atoms. The monoisotopic (exact) mass is 289 g/mol. The first-order valence-electron chi connectivity index (χ1n) is 4.29. The van der Waals surface area contributed by atoms with Gasteiger partial charge in [0.2, 0.25) is 0 Å². The minimum Gasteiger partial charge on any atom is -0.822 e. The van der Waals surface area contributed by atoms with E-state index in [0.29, 0.717) is 5.52 Å². The van der Waals surface area contributed by atoms with Crippen molar-refractivity contribution >= 4 is 35.3 Å². The van der Waals surface area contributed by atoms with Crippen molar-refractivity contribution in [2.75, 3.05) is 0 Å². The minimum atomic E-state index is -5.39. The lowest BCUT2D eigenvalue weighted by molar-refractivity contribution is -0.432. The highest BCUT2D eigenvalue weighted by Crippen LogP contribution is 2.25. The van der Waals surface area contributed by atoms with E-state index in [1.165, 1.54) is 17.4 Å². The van der Waals surface area contributed by atoms with E-state index < -0.39 is 13.7 Å². The van der Waals surface area contributed by atoms with Gasteiger partial charge >= 0.3 is 0 Å². The number of hydrogen-bond acceptors (Lipinski definition) is 8. The summed E-state index contributed by atoms with van der Waals surface area (Å²) in [5.41, 5.74) is 5.74. The Hall–Kier alpha value is -1.51. The highest BCUT2D eigenvalue weighted by atomic mass is 32.1. The van der Waals surface area contributed by atoms with Crippen LogP contribution in [-0.2, 0) is 4.57 Å². The minimum absolute atomic E-state index is 0.159. The van der Waals surface area contributed by atoms with E-state index in [1.54, 1.807) is 12.1 Å². The molecule has 0 saturated heterocycles. The van der Waals surface area contributed by atoms with Crippen LogP contribution in [0.2, 0.25) is 0 Å². The molecule has 0 aliphatic rings. The second-order valence-electron chi connectivity index (χ2n) is 2.98. The Kier molecular flexibility index (Phi) is 4.38. The molecular weight excluding hydrogens is 283 g/mol. The second kappa shape index (κ2) is 5.42. The number of benzene rings is 1. The number of fused-ring (bicyclic) bond motifs is 1. The van der Waals surface area contributed by atoms with Gasteiger partial charge in [0.15, 0.2) is 5.01 Å². The number of hydrogen-bond donors (Lipinski definition) is 2. The normalized spacial score (nSPS) is 10.8. The molecule has 3 N–H and O–H groups in total. The largest absolute Gasteiger partial charge is 0.822 e. The molecule has 0 fully saturated rings. The smallest absolute Gasteiger partial charge is 0.277 e. The average Bonchev–Trinajstić information content (AvgIpc) is 2.57. The zero-order valence-electron chi connectivity index (χ0n) is 8.60. The van der Waals surface area contributed by atoms with Gasteiger partial charge in [0.1, 0.15) is 5.75 Å². The molecule has 1 aromatic heterocycles. The summed E-state index contributed by atoms with van der Waals surface area (Å²) in [6.07, 6.45) is 0. The molecule has 2 rings (SSSR count). The number of aromatic hydroxyl groups is 1. The number of phenols is 1. The number of thiazole rings is 1. The summed E-state index contributed by atoms with van der Waals surface area (Å²) in [5.74, 6) is -0.382. The molecule has 2 aromatic rings. The lowest BCUT2D eigenvalue weighted by atomic mass is 10.3. The van der Waals surface area contributed by atoms with Crippen molar-refractivity contribution in [2.45, 2.75) is 0 Å². The number of phenolic OH excluding ortho intramolecular Hbond substituents is 1. The van der Waals surface area contributed by atoms with Gasteiger partial charge < -0.3 is 30.1 Å². The van der Waals surface area contributed by atoms with Crippen molar-refractivity contribution in [3.8, 4) is 5.75 Å². The summed E-state index contributed by atoms with van der Waals surface area (Å²) in [5, 5.41) is 9.41. The number of rotatable bonds is 1. The molecule has 0 saturated carbocycles. The van der Waals surface area contributed by atoms with Crippen LogP contribution in [0, 0.1) is 0 Å². The van der Waals surface area contributed by atoms with E-state index in [9.17, 15) is 4.79 Å². The quantitative estimate of drug-likeness (QED) is 0.589. The Labute approximate surface area is 105 Å². The summed E-state index contributed by atoms with van der Waals surface area (Å²) >= 11 is 1.17. The summed E-state index contributed by atoms with van der Waals surface area (Å²) in [6, 6.07) is 4.72. The van der Waals surface area contributed by atoms with Crippen molar-refractivity contribution in [1.82, 2.24) is 4.98 Å². The van der Waals surface area contributed by atoms with Crippen molar-refractivity contribution < 1.29 is 29.1 Å².